The van der Waals surface area contributed by atoms with Crippen molar-refractivity contribution >= 4 is 39.2 Å². The van der Waals surface area contributed by atoms with Crippen molar-refractivity contribution in [2.24, 2.45) is 0 Å². The largest absolute Gasteiger partial charge is 0.616 e. The minimum Gasteiger partial charge on any atom is -0.616 e. The third-order valence-corrected chi connectivity index (χ3v) is 6.77. The van der Waals surface area contributed by atoms with Crippen LogP contribution in [-0.4, -0.2) is 46.6 Å². The topological polar surface area (TPSA) is 142 Å². The van der Waals surface area contributed by atoms with Crippen LogP contribution in [0.2, 0.25) is 0 Å². The molecule has 0 aliphatic carbocycles. The van der Waals surface area contributed by atoms with Crippen LogP contribution >= 0.6 is 0 Å². The molecule has 36 heavy (non-hydrogen) atoms. The number of aromatic amines is 1. The molecule has 4 heterocycles. The number of benzene rings is 2. The fourth-order valence-corrected chi connectivity index (χ4v) is 4.83. The number of hydrogen-bond donors (Lipinski definition) is 2. The normalized spacial score (nSPS) is 12.3. The number of methoxy groups -OCH3 is 1. The molecule has 6 rings (SSSR count). The van der Waals surface area contributed by atoms with Crippen molar-refractivity contribution < 1.29 is 13.8 Å². The molecular weight excluding hydrogens is 480 g/mol. The monoisotopic (exact) mass is 500 g/mol. The molecule has 0 radical (unpaired) electrons. The van der Waals surface area contributed by atoms with E-state index in [2.05, 4.69) is 35.7 Å². The Morgan fingerprint density at radius 3 is 2.83 bits per heavy atom. The van der Waals surface area contributed by atoms with Crippen LogP contribution in [0.15, 0.2) is 71.5 Å². The number of H-pyrrole nitrogens is 1. The van der Waals surface area contributed by atoms with Gasteiger partial charge in [-0.3, -0.25) is 5.10 Å². The number of nitrogens with zero attached hydrogens (tertiary/aromatic N) is 6. The van der Waals surface area contributed by atoms with Gasteiger partial charge in [0.2, 0.25) is 5.82 Å². The van der Waals surface area contributed by atoms with Crippen LogP contribution < -0.4 is 10.1 Å². The Labute approximate surface area is 207 Å². The number of anilines is 2. The van der Waals surface area contributed by atoms with Crippen molar-refractivity contribution in [2.75, 3.05) is 12.4 Å². The van der Waals surface area contributed by atoms with Gasteiger partial charge in [-0.1, -0.05) is 17.3 Å². The molecule has 0 saturated carbocycles. The van der Waals surface area contributed by atoms with Crippen molar-refractivity contribution in [3.05, 3.63) is 78.4 Å². The van der Waals surface area contributed by atoms with Crippen LogP contribution in [0.3, 0.4) is 0 Å². The second-order valence-electron chi connectivity index (χ2n) is 8.02. The molecule has 0 spiro atoms. The van der Waals surface area contributed by atoms with E-state index in [0.29, 0.717) is 28.7 Å². The lowest BCUT2D eigenvalue weighted by Gasteiger charge is -2.09. The van der Waals surface area contributed by atoms with Gasteiger partial charge in [0, 0.05) is 16.6 Å². The van der Waals surface area contributed by atoms with E-state index in [0.717, 1.165) is 27.9 Å². The van der Waals surface area contributed by atoms with Gasteiger partial charge in [-0.05, 0) is 53.6 Å². The van der Waals surface area contributed by atoms with Crippen molar-refractivity contribution in [3.8, 4) is 17.3 Å². The van der Waals surface area contributed by atoms with Crippen LogP contribution in [-0.2, 0) is 22.7 Å². The van der Waals surface area contributed by atoms with Gasteiger partial charge in [-0.25, -0.2) is 9.50 Å². The molecule has 11 nitrogen and oxygen atoms in total. The van der Waals surface area contributed by atoms with Gasteiger partial charge in [0.15, 0.2) is 17.2 Å². The number of imidazole rings is 1. The van der Waals surface area contributed by atoms with Crippen LogP contribution in [0.1, 0.15) is 11.5 Å². The summed E-state index contributed by atoms with van der Waals surface area (Å²) in [5.74, 6) is 2.50. The lowest BCUT2D eigenvalue weighted by atomic mass is 10.2. The smallest absolute Gasteiger partial charge is 0.276 e. The zero-order valence-corrected chi connectivity index (χ0v) is 19.9. The van der Waals surface area contributed by atoms with E-state index in [9.17, 15) is 4.55 Å². The van der Waals surface area contributed by atoms with Gasteiger partial charge < -0.3 is 19.1 Å². The summed E-state index contributed by atoms with van der Waals surface area (Å²) in [6.45, 7) is 0. The Balaban J connectivity index is 1.19. The van der Waals surface area contributed by atoms with Gasteiger partial charge in [-0.15, -0.1) is 5.10 Å². The first-order valence-electron chi connectivity index (χ1n) is 11.0. The fraction of sp³-hybridized carbons (Fsp3) is 0.125. The van der Waals surface area contributed by atoms with Crippen molar-refractivity contribution in [2.45, 2.75) is 11.5 Å². The maximum atomic E-state index is 12.6. The first-order chi connectivity index (χ1) is 17.6. The molecule has 1 atom stereocenters. The molecular formula is C24H20N8O3S. The average Bonchev–Trinajstić information content (AvgIpc) is 3.63. The molecule has 12 heteroatoms. The van der Waals surface area contributed by atoms with E-state index in [1.807, 2.05) is 54.6 Å². The highest BCUT2D eigenvalue weighted by Gasteiger charge is 2.19. The third-order valence-electron chi connectivity index (χ3n) is 5.54. The van der Waals surface area contributed by atoms with Crippen LogP contribution in [0, 0.1) is 0 Å². The molecule has 4 aromatic heterocycles. The predicted octanol–water partition coefficient (Wildman–Crippen LogP) is 3.86. The molecule has 1 unspecified atom stereocenters. The summed E-state index contributed by atoms with van der Waals surface area (Å²) in [5, 5.41) is 20.0. The first-order valence-corrected chi connectivity index (χ1v) is 12.5. The summed E-state index contributed by atoms with van der Waals surface area (Å²) in [6.07, 6.45) is 3.40. The Morgan fingerprint density at radius 1 is 1.08 bits per heavy atom. The lowest BCUT2D eigenvalue weighted by Crippen LogP contribution is -2.08. The fourth-order valence-electron chi connectivity index (χ4n) is 3.77. The second-order valence-corrected chi connectivity index (χ2v) is 9.47. The van der Waals surface area contributed by atoms with Gasteiger partial charge >= 0.3 is 0 Å². The minimum atomic E-state index is -1.22. The van der Waals surface area contributed by atoms with Crippen LogP contribution in [0.25, 0.3) is 28.1 Å². The maximum Gasteiger partial charge on any atom is 0.276 e. The quantitative estimate of drug-likeness (QED) is 0.298. The maximum absolute atomic E-state index is 12.6. The zero-order chi connectivity index (χ0) is 24.5. The summed E-state index contributed by atoms with van der Waals surface area (Å²) in [6, 6.07) is 17.0. The number of fused-ring (bicyclic) bond motifs is 2. The Bertz CT molecular complexity index is 1640. The molecule has 0 aliphatic rings. The SMILES string of the molecule is COc1ccc(C[S+]([O-])Cc2nc(-c3cnc4ccc(Nc5ccc6[nH]ncc6c5)nn34)no2)cc1. The number of aromatic nitrogens is 7. The van der Waals surface area contributed by atoms with E-state index in [1.54, 1.807) is 24.0 Å². The molecule has 0 bridgehead atoms. The highest BCUT2D eigenvalue weighted by Crippen LogP contribution is 2.23. The number of ether oxygens (including phenoxy) is 1. The summed E-state index contributed by atoms with van der Waals surface area (Å²) >= 11 is -1.22. The Hall–Kier alpha value is -4.42. The first kappa shape index (κ1) is 22.1. The number of nitrogens with one attached hydrogen (secondary N) is 2. The average molecular weight is 501 g/mol. The van der Waals surface area contributed by atoms with Gasteiger partial charge in [-0.2, -0.15) is 10.1 Å². The molecule has 0 aliphatic heterocycles. The zero-order valence-electron chi connectivity index (χ0n) is 19.1. The summed E-state index contributed by atoms with van der Waals surface area (Å²) in [7, 11) is 1.61. The summed E-state index contributed by atoms with van der Waals surface area (Å²) in [4.78, 5) is 8.82. The summed E-state index contributed by atoms with van der Waals surface area (Å²) < 4.78 is 24.8. The van der Waals surface area contributed by atoms with Crippen LogP contribution in [0.5, 0.6) is 5.75 Å². The molecule has 0 saturated heterocycles. The molecule has 6 aromatic rings. The molecule has 2 aromatic carbocycles. The minimum absolute atomic E-state index is 0.145. The molecule has 180 valence electrons. The third kappa shape index (κ3) is 4.46. The van der Waals surface area contributed by atoms with E-state index in [1.165, 1.54) is 0 Å². The Kier molecular flexibility index (Phi) is 5.71. The van der Waals surface area contributed by atoms with Crippen molar-refractivity contribution in [1.29, 1.82) is 0 Å². The lowest BCUT2D eigenvalue weighted by molar-refractivity contribution is 0.389. The highest BCUT2D eigenvalue weighted by atomic mass is 32.2. The predicted molar refractivity (Wildman–Crippen MR) is 134 cm³/mol. The van der Waals surface area contributed by atoms with E-state index in [-0.39, 0.29) is 11.6 Å². The van der Waals surface area contributed by atoms with Gasteiger partial charge in [0.05, 0.1) is 25.0 Å². The van der Waals surface area contributed by atoms with Crippen molar-refractivity contribution in [1.82, 2.24) is 34.9 Å². The van der Waals surface area contributed by atoms with Gasteiger partial charge in [0.25, 0.3) is 5.89 Å². The van der Waals surface area contributed by atoms with Crippen molar-refractivity contribution in [3.63, 3.8) is 0 Å². The van der Waals surface area contributed by atoms with E-state index < -0.39 is 11.2 Å². The second kappa shape index (κ2) is 9.32. The number of rotatable bonds is 8. The van der Waals surface area contributed by atoms with E-state index >= 15 is 0 Å². The van der Waals surface area contributed by atoms with Crippen LogP contribution in [0.4, 0.5) is 11.5 Å². The molecule has 0 fully saturated rings. The van der Waals surface area contributed by atoms with Gasteiger partial charge in [0.1, 0.15) is 17.2 Å². The van der Waals surface area contributed by atoms with E-state index in [4.69, 9.17) is 9.26 Å². The Morgan fingerprint density at radius 2 is 1.97 bits per heavy atom. The summed E-state index contributed by atoms with van der Waals surface area (Å²) in [5.41, 5.74) is 3.97. The standard InChI is InChI=1S/C24H20N8O3S/c1-34-18-5-2-15(3-6-18)13-36(33)14-23-28-24(31-35-23)20-12-25-22-9-8-21(30-32(20)22)27-17-4-7-19-16(10-17)11-26-29-19/h2-12H,13-14H2,1H3,(H,26,29)(H,27,30). The highest BCUT2D eigenvalue weighted by molar-refractivity contribution is 7.89. The molecule has 2 N–H and O–H groups in total. The molecule has 0 amide bonds. The number of hydrogen-bond acceptors (Lipinski definition) is 9.